The first-order valence-corrected chi connectivity index (χ1v) is 10.8. The van der Waals surface area contributed by atoms with Crippen molar-refractivity contribution < 1.29 is 18.4 Å². The molecule has 0 saturated carbocycles. The number of anilines is 1. The van der Waals surface area contributed by atoms with E-state index in [0.717, 1.165) is 26.7 Å². The number of thioether (sulfide) groups is 1. The minimum Gasteiger partial charge on any atom is -0.340 e. The molecule has 1 atom stereocenters. The van der Waals surface area contributed by atoms with Gasteiger partial charge < -0.3 is 10.6 Å². The number of rotatable bonds is 6. The maximum atomic E-state index is 13.9. The molecule has 1 heterocycles. The molecular weight excluding hydrogens is 416 g/mol. The maximum absolute atomic E-state index is 13.9. The van der Waals surface area contributed by atoms with Gasteiger partial charge in [-0.3, -0.25) is 9.59 Å². The number of amides is 2. The number of thiazole rings is 1. The molecule has 2 amide bonds. The highest BCUT2D eigenvalue weighted by Gasteiger charge is 2.27. The van der Waals surface area contributed by atoms with Crippen LogP contribution in [0.3, 0.4) is 0 Å². The predicted molar refractivity (Wildman–Crippen MR) is 112 cm³/mol. The zero-order valence-electron chi connectivity index (χ0n) is 16.0. The topological polar surface area (TPSA) is 71.1 Å². The third-order valence-electron chi connectivity index (χ3n) is 4.24. The number of hydrogen-bond acceptors (Lipinski definition) is 5. The molecule has 0 aliphatic heterocycles. The van der Waals surface area contributed by atoms with E-state index in [9.17, 15) is 18.4 Å². The summed E-state index contributed by atoms with van der Waals surface area (Å²) in [5.74, 6) is -3.71. The fourth-order valence-corrected chi connectivity index (χ4v) is 4.28. The van der Waals surface area contributed by atoms with E-state index in [1.165, 1.54) is 17.4 Å². The minimum atomic E-state index is -0.981. The first-order valence-electron chi connectivity index (χ1n) is 8.80. The lowest BCUT2D eigenvalue weighted by atomic mass is 10.0. The van der Waals surface area contributed by atoms with Crippen molar-refractivity contribution >= 4 is 50.8 Å². The van der Waals surface area contributed by atoms with Gasteiger partial charge in [0.05, 0.1) is 10.2 Å². The van der Waals surface area contributed by atoms with Gasteiger partial charge in [0.1, 0.15) is 23.2 Å². The molecule has 1 unspecified atom stereocenters. The molecule has 9 heteroatoms. The molecule has 0 fully saturated rings. The van der Waals surface area contributed by atoms with Gasteiger partial charge in [-0.1, -0.05) is 31.7 Å². The van der Waals surface area contributed by atoms with Crippen LogP contribution < -0.4 is 10.6 Å². The van der Waals surface area contributed by atoms with Crippen molar-refractivity contribution in [3.8, 4) is 0 Å². The molecule has 0 saturated heterocycles. The Morgan fingerprint density at radius 1 is 1.14 bits per heavy atom. The highest BCUT2D eigenvalue weighted by Crippen LogP contribution is 2.30. The van der Waals surface area contributed by atoms with Crippen molar-refractivity contribution in [3.05, 3.63) is 53.6 Å². The highest BCUT2D eigenvalue weighted by atomic mass is 32.2. The van der Waals surface area contributed by atoms with Crippen LogP contribution in [0.1, 0.15) is 24.2 Å². The lowest BCUT2D eigenvalue weighted by molar-refractivity contribution is -0.118. The summed E-state index contributed by atoms with van der Waals surface area (Å²) in [6.07, 6.45) is 1.94. The summed E-state index contributed by atoms with van der Waals surface area (Å²) in [6.45, 7) is 3.47. The van der Waals surface area contributed by atoms with E-state index in [-0.39, 0.29) is 5.92 Å². The third-order valence-corrected chi connectivity index (χ3v) is 6.24. The molecule has 0 radical (unpaired) electrons. The molecule has 2 N–H and O–H groups in total. The van der Waals surface area contributed by atoms with E-state index in [1.54, 1.807) is 43.8 Å². The largest absolute Gasteiger partial charge is 0.340 e. The zero-order valence-corrected chi connectivity index (χ0v) is 17.6. The van der Waals surface area contributed by atoms with Crippen LogP contribution >= 0.6 is 23.1 Å². The Morgan fingerprint density at radius 2 is 1.83 bits per heavy atom. The van der Waals surface area contributed by atoms with E-state index in [0.29, 0.717) is 5.69 Å². The van der Waals surface area contributed by atoms with Crippen molar-refractivity contribution in [3.63, 3.8) is 0 Å². The normalized spacial score (nSPS) is 12.2. The Balaban J connectivity index is 1.78. The van der Waals surface area contributed by atoms with Crippen LogP contribution in [-0.4, -0.2) is 29.1 Å². The lowest BCUT2D eigenvalue weighted by Gasteiger charge is -2.22. The van der Waals surface area contributed by atoms with Gasteiger partial charge in [0.25, 0.3) is 5.91 Å². The Labute approximate surface area is 174 Å². The summed E-state index contributed by atoms with van der Waals surface area (Å²) in [5.41, 5.74) is 0.679. The quantitative estimate of drug-likeness (QED) is 0.551. The lowest BCUT2D eigenvalue weighted by Crippen LogP contribution is -2.47. The van der Waals surface area contributed by atoms with Crippen LogP contribution in [0, 0.1) is 17.6 Å². The van der Waals surface area contributed by atoms with Crippen LogP contribution in [0.5, 0.6) is 0 Å². The molecule has 5 nitrogen and oxygen atoms in total. The number of nitrogens with one attached hydrogen (secondary N) is 2. The second-order valence-electron chi connectivity index (χ2n) is 6.65. The molecule has 3 rings (SSSR count). The predicted octanol–water partition coefficient (Wildman–Crippen LogP) is 4.69. The van der Waals surface area contributed by atoms with Gasteiger partial charge in [0, 0.05) is 5.69 Å². The van der Waals surface area contributed by atoms with Gasteiger partial charge >= 0.3 is 0 Å². The molecule has 1 aromatic heterocycles. The van der Waals surface area contributed by atoms with E-state index in [4.69, 9.17) is 0 Å². The number of aromatic nitrogens is 1. The van der Waals surface area contributed by atoms with Gasteiger partial charge in [-0.2, -0.15) is 0 Å². The zero-order chi connectivity index (χ0) is 21.1. The number of fused-ring (bicyclic) bond motifs is 1. The summed E-state index contributed by atoms with van der Waals surface area (Å²) in [4.78, 5) is 29.6. The van der Waals surface area contributed by atoms with Gasteiger partial charge in [-0.25, -0.2) is 13.8 Å². The fourth-order valence-electron chi connectivity index (χ4n) is 2.75. The van der Waals surface area contributed by atoms with Crippen LogP contribution in [0.25, 0.3) is 10.2 Å². The van der Waals surface area contributed by atoms with E-state index >= 15 is 0 Å². The average molecular weight is 436 g/mol. The molecule has 2 aromatic carbocycles. The number of halogens is 2. The smallest absolute Gasteiger partial charge is 0.257 e. The molecular formula is C20H19F2N3O2S2. The van der Waals surface area contributed by atoms with E-state index in [1.807, 2.05) is 6.26 Å². The molecule has 0 bridgehead atoms. The first kappa shape index (κ1) is 21.2. The van der Waals surface area contributed by atoms with Crippen molar-refractivity contribution in [2.75, 3.05) is 11.6 Å². The van der Waals surface area contributed by atoms with E-state index in [2.05, 4.69) is 15.6 Å². The molecule has 152 valence electrons. The summed E-state index contributed by atoms with van der Waals surface area (Å²) in [5, 5.41) is 5.20. The Bertz CT molecular complexity index is 1050. The Hall–Kier alpha value is -2.52. The summed E-state index contributed by atoms with van der Waals surface area (Å²) >= 11 is 3.05. The van der Waals surface area contributed by atoms with Gasteiger partial charge in [-0.05, 0) is 42.5 Å². The number of carbonyl (C=O) groups excluding carboxylic acids is 2. The summed E-state index contributed by atoms with van der Waals surface area (Å²) in [6, 6.07) is 7.52. The maximum Gasteiger partial charge on any atom is 0.257 e. The van der Waals surface area contributed by atoms with Crippen molar-refractivity contribution in [2.45, 2.75) is 24.2 Å². The van der Waals surface area contributed by atoms with Crippen LogP contribution in [0.2, 0.25) is 0 Å². The number of benzene rings is 2. The SMILES string of the molecule is CSc1nc2ccc(NC(=O)C(NC(=O)c3c(F)cccc3F)C(C)C)cc2s1. The highest BCUT2D eigenvalue weighted by molar-refractivity contribution is 8.00. The minimum absolute atomic E-state index is 0.302. The number of hydrogen-bond donors (Lipinski definition) is 2. The molecule has 29 heavy (non-hydrogen) atoms. The molecule has 0 spiro atoms. The van der Waals surface area contributed by atoms with Crippen LogP contribution in [-0.2, 0) is 4.79 Å². The standard InChI is InChI=1S/C20H19F2N3O2S2/c1-10(2)17(25-18(26)16-12(21)5-4-6-13(16)22)19(27)23-11-7-8-14-15(9-11)29-20(24-14)28-3/h4-10,17H,1-3H3,(H,23,27)(H,25,26). The number of carbonyl (C=O) groups is 2. The van der Waals surface area contributed by atoms with E-state index < -0.39 is 35.1 Å². The second-order valence-corrected chi connectivity index (χ2v) is 8.73. The molecule has 0 aliphatic rings. The van der Waals surface area contributed by atoms with Gasteiger partial charge in [-0.15, -0.1) is 11.3 Å². The molecule has 3 aromatic rings. The summed E-state index contributed by atoms with van der Waals surface area (Å²) in [7, 11) is 0. The second kappa shape index (κ2) is 8.87. The monoisotopic (exact) mass is 435 g/mol. The number of nitrogens with zero attached hydrogens (tertiary/aromatic N) is 1. The van der Waals surface area contributed by atoms with Gasteiger partial charge in [0.2, 0.25) is 5.91 Å². The van der Waals surface area contributed by atoms with Crippen LogP contribution in [0.4, 0.5) is 14.5 Å². The summed E-state index contributed by atoms with van der Waals surface area (Å²) < 4.78 is 29.6. The fraction of sp³-hybridized carbons (Fsp3) is 0.250. The van der Waals surface area contributed by atoms with Crippen LogP contribution in [0.15, 0.2) is 40.7 Å². The molecule has 0 aliphatic carbocycles. The van der Waals surface area contributed by atoms with Crippen molar-refractivity contribution in [1.29, 1.82) is 0 Å². The Morgan fingerprint density at radius 3 is 2.45 bits per heavy atom. The first-order chi connectivity index (χ1) is 13.8. The third kappa shape index (κ3) is 4.73. The van der Waals surface area contributed by atoms with Gasteiger partial charge in [0.15, 0.2) is 4.34 Å². The van der Waals surface area contributed by atoms with Crippen molar-refractivity contribution in [2.24, 2.45) is 5.92 Å². The average Bonchev–Trinajstić information content (AvgIpc) is 3.08. The van der Waals surface area contributed by atoms with Crippen molar-refractivity contribution in [1.82, 2.24) is 10.3 Å². The Kier molecular flexibility index (Phi) is 6.49.